The summed E-state index contributed by atoms with van der Waals surface area (Å²) in [7, 11) is 0. The van der Waals surface area contributed by atoms with Crippen LogP contribution in [0.25, 0.3) is 11.2 Å². The van der Waals surface area contributed by atoms with Crippen molar-refractivity contribution in [3.63, 3.8) is 0 Å². The van der Waals surface area contributed by atoms with Gasteiger partial charge in [0.25, 0.3) is 0 Å². The summed E-state index contributed by atoms with van der Waals surface area (Å²) in [4.78, 5) is 21.2. The van der Waals surface area contributed by atoms with Crippen LogP contribution in [0, 0.1) is 0 Å². The normalized spacial score (nSPS) is 20.2. The molecule has 0 bridgehead atoms. The number of anilines is 1. The van der Waals surface area contributed by atoms with Crippen LogP contribution in [0.2, 0.25) is 5.15 Å². The third kappa shape index (κ3) is 4.27. The van der Waals surface area contributed by atoms with Crippen LogP contribution in [0.4, 0.5) is 14.7 Å². The molecule has 9 heteroatoms. The second kappa shape index (κ2) is 7.91. The van der Waals surface area contributed by atoms with Crippen molar-refractivity contribution in [3.8, 4) is 0 Å². The van der Waals surface area contributed by atoms with Crippen molar-refractivity contribution in [3.05, 3.63) is 17.3 Å². The first-order valence-electron chi connectivity index (χ1n) is 9.75. The third-order valence-corrected chi connectivity index (χ3v) is 5.75. The van der Waals surface area contributed by atoms with E-state index in [1.54, 1.807) is 12.1 Å². The van der Waals surface area contributed by atoms with Crippen molar-refractivity contribution in [2.24, 2.45) is 0 Å². The molecule has 0 atom stereocenters. The summed E-state index contributed by atoms with van der Waals surface area (Å²) in [5.74, 6) is -2.32. The molecule has 1 N–H and O–H groups in total. The van der Waals surface area contributed by atoms with Crippen molar-refractivity contribution in [1.29, 1.82) is 0 Å². The van der Waals surface area contributed by atoms with Crippen LogP contribution < -0.4 is 5.32 Å². The number of nitrogens with zero attached hydrogens (tertiary/aromatic N) is 3. The monoisotopic (exact) mass is 412 g/mol. The minimum atomic E-state index is -2.57. The van der Waals surface area contributed by atoms with Gasteiger partial charge in [0.15, 0.2) is 5.65 Å². The summed E-state index contributed by atoms with van der Waals surface area (Å²) in [5.41, 5.74) is 1.36. The average molecular weight is 413 g/mol. The van der Waals surface area contributed by atoms with Gasteiger partial charge >= 0.3 is 0 Å². The number of hydrogen-bond donors (Lipinski definition) is 1. The van der Waals surface area contributed by atoms with Crippen LogP contribution in [0.1, 0.15) is 57.4 Å². The summed E-state index contributed by atoms with van der Waals surface area (Å²) in [6, 6.07) is 3.72. The molecule has 0 aromatic carbocycles. The Kier molecular flexibility index (Phi) is 5.51. The molecule has 2 aromatic heterocycles. The molecule has 152 valence electrons. The van der Waals surface area contributed by atoms with Gasteiger partial charge < -0.3 is 4.74 Å². The molecule has 0 unspecified atom stereocenters. The maximum atomic E-state index is 13.2. The highest BCUT2D eigenvalue weighted by atomic mass is 35.5. The van der Waals surface area contributed by atoms with E-state index in [2.05, 4.69) is 15.3 Å². The van der Waals surface area contributed by atoms with Gasteiger partial charge in [-0.2, -0.15) is 0 Å². The van der Waals surface area contributed by atoms with Crippen molar-refractivity contribution in [2.45, 2.75) is 69.4 Å². The summed E-state index contributed by atoms with van der Waals surface area (Å²) in [6.45, 7) is 0.204. The highest BCUT2D eigenvalue weighted by Crippen LogP contribution is 2.37. The Balaban J connectivity index is 1.36. The maximum absolute atomic E-state index is 13.2. The zero-order valence-electron chi connectivity index (χ0n) is 15.5. The van der Waals surface area contributed by atoms with Gasteiger partial charge in [0.05, 0.1) is 19.1 Å². The van der Waals surface area contributed by atoms with Crippen LogP contribution in [-0.4, -0.2) is 39.1 Å². The molecule has 2 aromatic rings. The fraction of sp³-hybridized carbons (Fsp3) is 0.632. The Hall–Kier alpha value is -1.80. The van der Waals surface area contributed by atoms with Crippen LogP contribution in [0.5, 0.6) is 0 Å². The number of alkyl halides is 2. The standard InChI is InChI=1S/C19H23ClF2N4O2/c20-15-5-4-14-17(24-15)26(12-2-1-3-12)18(23-14)25-16(27)8-11-28-13-6-9-19(21,22)10-7-13/h4-5,12-13H,1-3,6-11H2,(H,23,25,27). The first-order valence-corrected chi connectivity index (χ1v) is 10.1. The zero-order valence-corrected chi connectivity index (χ0v) is 16.2. The number of carbonyl (C=O) groups excluding carboxylic acids is 1. The van der Waals surface area contributed by atoms with E-state index in [4.69, 9.17) is 16.3 Å². The van der Waals surface area contributed by atoms with E-state index in [9.17, 15) is 13.6 Å². The number of pyridine rings is 1. The predicted molar refractivity (Wildman–Crippen MR) is 102 cm³/mol. The number of aromatic nitrogens is 3. The predicted octanol–water partition coefficient (Wildman–Crippen LogP) is 4.73. The number of rotatable bonds is 6. The number of ether oxygens (including phenoxy) is 1. The first-order chi connectivity index (χ1) is 13.4. The Morgan fingerprint density at radius 1 is 1.25 bits per heavy atom. The Morgan fingerprint density at radius 2 is 2.00 bits per heavy atom. The van der Waals surface area contributed by atoms with Crippen molar-refractivity contribution in [1.82, 2.24) is 14.5 Å². The van der Waals surface area contributed by atoms with Gasteiger partial charge in [0.1, 0.15) is 10.7 Å². The van der Waals surface area contributed by atoms with Gasteiger partial charge in [-0.15, -0.1) is 0 Å². The number of hydrogen-bond acceptors (Lipinski definition) is 4. The van der Waals surface area contributed by atoms with Crippen LogP contribution in [0.15, 0.2) is 12.1 Å². The molecule has 28 heavy (non-hydrogen) atoms. The number of nitrogens with one attached hydrogen (secondary N) is 1. The number of imidazole rings is 1. The lowest BCUT2D eigenvalue weighted by Gasteiger charge is -2.29. The zero-order chi connectivity index (χ0) is 19.7. The van der Waals surface area contributed by atoms with Crippen LogP contribution in [0.3, 0.4) is 0 Å². The summed E-state index contributed by atoms with van der Waals surface area (Å²) in [5, 5.41) is 3.24. The highest BCUT2D eigenvalue weighted by molar-refractivity contribution is 6.29. The van der Waals surface area contributed by atoms with Crippen LogP contribution >= 0.6 is 11.6 Å². The van der Waals surface area contributed by atoms with Crippen LogP contribution in [-0.2, 0) is 9.53 Å². The molecule has 2 fully saturated rings. The molecule has 2 aliphatic rings. The van der Waals surface area contributed by atoms with Gasteiger partial charge in [0.2, 0.25) is 17.8 Å². The van der Waals surface area contributed by atoms with Crippen molar-refractivity contribution >= 4 is 34.6 Å². The summed E-state index contributed by atoms with van der Waals surface area (Å²) < 4.78 is 33.9. The second-order valence-corrected chi connectivity index (χ2v) is 7.98. The summed E-state index contributed by atoms with van der Waals surface area (Å²) >= 11 is 6.03. The average Bonchev–Trinajstić information content (AvgIpc) is 2.92. The molecular weight excluding hydrogens is 390 g/mol. The first kappa shape index (κ1) is 19.5. The molecule has 1 amide bonds. The van der Waals surface area contributed by atoms with E-state index in [1.807, 2.05) is 4.57 Å². The Bertz CT molecular complexity index is 859. The van der Waals surface area contributed by atoms with Gasteiger partial charge in [-0.05, 0) is 44.2 Å². The van der Waals surface area contributed by atoms with E-state index >= 15 is 0 Å². The fourth-order valence-electron chi connectivity index (χ4n) is 3.72. The molecule has 0 saturated heterocycles. The Labute approximate surface area is 166 Å². The number of fused-ring (bicyclic) bond motifs is 1. The second-order valence-electron chi connectivity index (χ2n) is 7.59. The van der Waals surface area contributed by atoms with E-state index in [-0.39, 0.29) is 43.9 Å². The lowest BCUT2D eigenvalue weighted by molar-refractivity contribution is -0.119. The van der Waals surface area contributed by atoms with Gasteiger partial charge in [-0.25, -0.2) is 18.7 Å². The van der Waals surface area contributed by atoms with E-state index in [1.165, 1.54) is 0 Å². The molecule has 2 aliphatic carbocycles. The van der Waals surface area contributed by atoms with Crippen molar-refractivity contribution < 1.29 is 18.3 Å². The maximum Gasteiger partial charge on any atom is 0.248 e. The number of carbonyl (C=O) groups is 1. The van der Waals surface area contributed by atoms with Crippen molar-refractivity contribution in [2.75, 3.05) is 11.9 Å². The van der Waals surface area contributed by atoms with E-state index < -0.39 is 5.92 Å². The number of amides is 1. The number of halogens is 3. The molecule has 4 rings (SSSR count). The topological polar surface area (TPSA) is 69.0 Å². The largest absolute Gasteiger partial charge is 0.378 e. The quantitative estimate of drug-likeness (QED) is 0.696. The lowest BCUT2D eigenvalue weighted by atomic mass is 9.93. The molecule has 2 heterocycles. The molecule has 0 aliphatic heterocycles. The van der Waals surface area contributed by atoms with Gasteiger partial charge in [0, 0.05) is 18.9 Å². The molecule has 2 saturated carbocycles. The molecule has 6 nitrogen and oxygen atoms in total. The molecule has 0 radical (unpaired) electrons. The van der Waals surface area contributed by atoms with E-state index in [0.717, 1.165) is 19.3 Å². The lowest BCUT2D eigenvalue weighted by Crippen LogP contribution is -2.30. The smallest absolute Gasteiger partial charge is 0.248 e. The van der Waals surface area contributed by atoms with Gasteiger partial charge in [-0.3, -0.25) is 14.7 Å². The SMILES string of the molecule is O=C(CCOC1CCC(F)(F)CC1)Nc1nc2ccc(Cl)nc2n1C1CCC1. The fourth-order valence-corrected chi connectivity index (χ4v) is 3.86. The highest BCUT2D eigenvalue weighted by Gasteiger charge is 2.35. The molecular formula is C19H23ClF2N4O2. The Morgan fingerprint density at radius 3 is 2.68 bits per heavy atom. The summed E-state index contributed by atoms with van der Waals surface area (Å²) in [6.07, 6.45) is 3.47. The third-order valence-electron chi connectivity index (χ3n) is 5.54. The van der Waals surface area contributed by atoms with E-state index in [0.29, 0.717) is 35.1 Å². The minimum Gasteiger partial charge on any atom is -0.378 e. The minimum absolute atomic E-state index is 0.148. The van der Waals surface area contributed by atoms with Gasteiger partial charge in [-0.1, -0.05) is 11.6 Å². The molecule has 0 spiro atoms.